The van der Waals surface area contributed by atoms with Gasteiger partial charge < -0.3 is 4.74 Å². The molecule has 2 rings (SSSR count). The highest BCUT2D eigenvalue weighted by Gasteiger charge is 2.53. The zero-order chi connectivity index (χ0) is 10.2. The third-order valence-corrected chi connectivity index (χ3v) is 4.12. The van der Waals surface area contributed by atoms with Gasteiger partial charge in [0.1, 0.15) is 0 Å². The Morgan fingerprint density at radius 1 is 1.29 bits per heavy atom. The number of esters is 1. The molecule has 0 N–H and O–H groups in total. The summed E-state index contributed by atoms with van der Waals surface area (Å²) in [6.07, 6.45) is 6.90. The fraction of sp³-hybridized carbons (Fsp3) is 0.917. The Morgan fingerprint density at radius 3 is 2.79 bits per heavy atom. The Morgan fingerprint density at radius 2 is 2.07 bits per heavy atom. The first-order valence-corrected chi connectivity index (χ1v) is 5.78. The highest BCUT2D eigenvalue weighted by Crippen LogP contribution is 2.58. The summed E-state index contributed by atoms with van der Waals surface area (Å²) < 4.78 is 5.21. The summed E-state index contributed by atoms with van der Waals surface area (Å²) in [6, 6.07) is 0. The molecule has 0 heterocycles. The van der Waals surface area contributed by atoms with Gasteiger partial charge in [0.25, 0.3) is 0 Å². The minimum Gasteiger partial charge on any atom is -0.466 e. The van der Waals surface area contributed by atoms with E-state index in [-0.39, 0.29) is 11.4 Å². The van der Waals surface area contributed by atoms with Crippen molar-refractivity contribution in [2.75, 3.05) is 6.61 Å². The molecule has 2 bridgehead atoms. The predicted molar refractivity (Wildman–Crippen MR) is 54.9 cm³/mol. The lowest BCUT2D eigenvalue weighted by Crippen LogP contribution is -2.34. The number of carbonyl (C=O) groups excluding carboxylic acids is 1. The highest BCUT2D eigenvalue weighted by molar-refractivity contribution is 5.77. The monoisotopic (exact) mass is 196 g/mol. The van der Waals surface area contributed by atoms with Crippen LogP contribution in [0.2, 0.25) is 0 Å². The molecule has 0 saturated heterocycles. The summed E-state index contributed by atoms with van der Waals surface area (Å²) in [4.78, 5) is 11.9. The Bertz CT molecular complexity index is 249. The fourth-order valence-electron chi connectivity index (χ4n) is 3.38. The van der Waals surface area contributed by atoms with Gasteiger partial charge in [-0.1, -0.05) is 13.3 Å². The maximum absolute atomic E-state index is 11.9. The van der Waals surface area contributed by atoms with Gasteiger partial charge in [-0.2, -0.15) is 0 Å². The van der Waals surface area contributed by atoms with Crippen LogP contribution in [-0.2, 0) is 9.53 Å². The van der Waals surface area contributed by atoms with Crippen molar-refractivity contribution in [2.24, 2.45) is 10.8 Å². The predicted octanol–water partition coefficient (Wildman–Crippen LogP) is 2.91. The molecule has 2 aliphatic carbocycles. The van der Waals surface area contributed by atoms with Crippen molar-refractivity contribution in [1.29, 1.82) is 0 Å². The second-order valence-electron chi connectivity index (χ2n) is 5.34. The Balaban J connectivity index is 2.13. The third kappa shape index (κ3) is 1.45. The van der Waals surface area contributed by atoms with E-state index in [2.05, 4.69) is 6.92 Å². The first kappa shape index (κ1) is 10.0. The lowest BCUT2D eigenvalue weighted by atomic mass is 9.70. The quantitative estimate of drug-likeness (QED) is 0.635. The van der Waals surface area contributed by atoms with Gasteiger partial charge in [-0.15, -0.1) is 0 Å². The number of rotatable bonds is 2. The van der Waals surface area contributed by atoms with Crippen molar-refractivity contribution in [3.8, 4) is 0 Å². The van der Waals surface area contributed by atoms with Crippen molar-refractivity contribution < 1.29 is 9.53 Å². The van der Waals surface area contributed by atoms with E-state index in [0.29, 0.717) is 12.0 Å². The van der Waals surface area contributed by atoms with Crippen molar-refractivity contribution >= 4 is 5.97 Å². The largest absolute Gasteiger partial charge is 0.466 e. The normalized spacial score (nSPS) is 41.0. The van der Waals surface area contributed by atoms with E-state index in [1.54, 1.807) is 0 Å². The van der Waals surface area contributed by atoms with Crippen LogP contribution in [-0.4, -0.2) is 12.6 Å². The SMILES string of the molecule is CCOC(=O)[C@]12CCC[C@](C)(CC1)C2. The van der Waals surface area contributed by atoms with Crippen LogP contribution in [0, 0.1) is 10.8 Å². The van der Waals surface area contributed by atoms with Gasteiger partial charge >= 0.3 is 5.97 Å². The van der Waals surface area contributed by atoms with Crippen LogP contribution in [0.15, 0.2) is 0 Å². The van der Waals surface area contributed by atoms with Gasteiger partial charge in [0.05, 0.1) is 12.0 Å². The smallest absolute Gasteiger partial charge is 0.312 e. The lowest BCUT2D eigenvalue weighted by molar-refractivity contribution is -0.157. The number of hydrogen-bond acceptors (Lipinski definition) is 2. The zero-order valence-corrected chi connectivity index (χ0v) is 9.27. The topological polar surface area (TPSA) is 26.3 Å². The van der Waals surface area contributed by atoms with E-state index in [9.17, 15) is 4.79 Å². The maximum Gasteiger partial charge on any atom is 0.312 e. The van der Waals surface area contributed by atoms with Crippen molar-refractivity contribution in [1.82, 2.24) is 0 Å². The van der Waals surface area contributed by atoms with Gasteiger partial charge in [0.15, 0.2) is 0 Å². The maximum atomic E-state index is 11.9. The number of carbonyl (C=O) groups is 1. The van der Waals surface area contributed by atoms with E-state index in [1.165, 1.54) is 19.3 Å². The Labute approximate surface area is 86.0 Å². The summed E-state index contributed by atoms with van der Waals surface area (Å²) in [7, 11) is 0. The number of fused-ring (bicyclic) bond motifs is 2. The van der Waals surface area contributed by atoms with Gasteiger partial charge in [-0.3, -0.25) is 4.79 Å². The second-order valence-corrected chi connectivity index (χ2v) is 5.34. The van der Waals surface area contributed by atoms with Crippen LogP contribution in [0.4, 0.5) is 0 Å². The highest BCUT2D eigenvalue weighted by atomic mass is 16.5. The van der Waals surface area contributed by atoms with Gasteiger partial charge in [0.2, 0.25) is 0 Å². The van der Waals surface area contributed by atoms with Crippen molar-refractivity contribution in [2.45, 2.75) is 52.4 Å². The van der Waals surface area contributed by atoms with Gasteiger partial charge in [-0.05, 0) is 44.4 Å². The molecule has 0 aliphatic heterocycles. The molecule has 0 spiro atoms. The van der Waals surface area contributed by atoms with Crippen LogP contribution < -0.4 is 0 Å². The molecule has 0 aromatic heterocycles. The average Bonchev–Trinajstić information content (AvgIpc) is 2.39. The van der Waals surface area contributed by atoms with E-state index in [1.807, 2.05) is 6.92 Å². The van der Waals surface area contributed by atoms with Gasteiger partial charge in [0, 0.05) is 0 Å². The molecule has 2 atom stereocenters. The van der Waals surface area contributed by atoms with Crippen LogP contribution >= 0.6 is 0 Å². The standard InChI is InChI=1S/C12H20O2/c1-3-14-10(13)12-6-4-5-11(2,9-12)7-8-12/h3-9H2,1-2H3/t11-,12-/m1/s1. The number of ether oxygens (including phenoxy) is 1. The summed E-state index contributed by atoms with van der Waals surface area (Å²) in [5.41, 5.74) is 0.341. The van der Waals surface area contributed by atoms with Crippen molar-refractivity contribution in [3.05, 3.63) is 0 Å². The minimum absolute atomic E-state index is 0.0726. The molecule has 0 aromatic rings. The molecule has 2 aliphatic rings. The van der Waals surface area contributed by atoms with E-state index in [4.69, 9.17) is 4.74 Å². The van der Waals surface area contributed by atoms with E-state index >= 15 is 0 Å². The Hall–Kier alpha value is -0.530. The summed E-state index contributed by atoms with van der Waals surface area (Å²) in [5, 5.41) is 0. The Kier molecular flexibility index (Phi) is 2.32. The molecule has 14 heavy (non-hydrogen) atoms. The molecular weight excluding hydrogens is 176 g/mol. The first-order valence-electron chi connectivity index (χ1n) is 5.78. The first-order chi connectivity index (χ1) is 6.60. The minimum atomic E-state index is -0.0942. The average molecular weight is 196 g/mol. The molecule has 80 valence electrons. The fourth-order valence-corrected chi connectivity index (χ4v) is 3.38. The summed E-state index contributed by atoms with van der Waals surface area (Å²) >= 11 is 0. The third-order valence-electron chi connectivity index (χ3n) is 4.12. The van der Waals surface area contributed by atoms with Crippen LogP contribution in [0.1, 0.15) is 52.4 Å². The molecule has 2 saturated carbocycles. The molecule has 2 nitrogen and oxygen atoms in total. The number of hydrogen-bond donors (Lipinski definition) is 0. The van der Waals surface area contributed by atoms with E-state index in [0.717, 1.165) is 19.3 Å². The van der Waals surface area contributed by atoms with Crippen molar-refractivity contribution in [3.63, 3.8) is 0 Å². The summed E-state index contributed by atoms with van der Waals surface area (Å²) in [6.45, 7) is 4.75. The molecule has 0 aromatic carbocycles. The van der Waals surface area contributed by atoms with E-state index < -0.39 is 0 Å². The summed E-state index contributed by atoms with van der Waals surface area (Å²) in [5.74, 6) is 0.0726. The van der Waals surface area contributed by atoms with Crippen LogP contribution in [0.3, 0.4) is 0 Å². The van der Waals surface area contributed by atoms with Crippen LogP contribution in [0.25, 0.3) is 0 Å². The molecule has 2 heteroatoms. The second kappa shape index (κ2) is 3.25. The van der Waals surface area contributed by atoms with Crippen LogP contribution in [0.5, 0.6) is 0 Å². The lowest BCUT2D eigenvalue weighted by Gasteiger charge is -2.35. The molecule has 2 fully saturated rings. The molecular formula is C12H20O2. The molecule has 0 radical (unpaired) electrons. The molecule has 0 unspecified atom stereocenters. The molecule has 0 amide bonds. The zero-order valence-electron chi connectivity index (χ0n) is 9.27. The van der Waals surface area contributed by atoms with Gasteiger partial charge in [-0.25, -0.2) is 0 Å².